The van der Waals surface area contributed by atoms with E-state index in [4.69, 9.17) is 0 Å². The number of nitrogens with one attached hydrogen (secondary N) is 2. The zero-order valence-electron chi connectivity index (χ0n) is 17.4. The van der Waals surface area contributed by atoms with Crippen LogP contribution < -0.4 is 10.0 Å². The Balaban J connectivity index is 1.60. The number of aryl methyl sites for hydroxylation is 2. The minimum absolute atomic E-state index is 0.0531. The van der Waals surface area contributed by atoms with E-state index in [0.717, 1.165) is 12.8 Å². The summed E-state index contributed by atoms with van der Waals surface area (Å²) in [5.74, 6) is 0.556. The molecule has 0 bridgehead atoms. The van der Waals surface area contributed by atoms with Gasteiger partial charge in [0.1, 0.15) is 4.90 Å². The number of para-hydroxylation sites is 2. The number of rotatable bonds is 8. The minimum atomic E-state index is -3.85. The molecule has 0 amide bonds. The van der Waals surface area contributed by atoms with Gasteiger partial charge in [0, 0.05) is 19.3 Å². The van der Waals surface area contributed by atoms with Gasteiger partial charge in [0.15, 0.2) is 11.6 Å². The van der Waals surface area contributed by atoms with Gasteiger partial charge in [0.2, 0.25) is 0 Å². The van der Waals surface area contributed by atoms with E-state index in [-0.39, 0.29) is 16.8 Å². The number of hydrogen-bond acceptors (Lipinski definition) is 6. The summed E-state index contributed by atoms with van der Waals surface area (Å²) < 4.78 is 29.7. The fraction of sp³-hybridized carbons (Fsp3) is 0.227. The van der Waals surface area contributed by atoms with Gasteiger partial charge in [-0.15, -0.1) is 0 Å². The van der Waals surface area contributed by atoms with E-state index in [1.165, 1.54) is 22.6 Å². The molecule has 2 heterocycles. The van der Waals surface area contributed by atoms with Crippen molar-refractivity contribution in [1.82, 2.24) is 19.7 Å². The summed E-state index contributed by atoms with van der Waals surface area (Å²) in [6.45, 7) is 2.04. The molecular formula is C22H24N6O2S. The quantitative estimate of drug-likeness (QED) is 0.438. The van der Waals surface area contributed by atoms with Gasteiger partial charge in [-0.25, -0.2) is 18.4 Å². The van der Waals surface area contributed by atoms with Crippen molar-refractivity contribution in [1.29, 1.82) is 0 Å². The molecule has 8 nitrogen and oxygen atoms in total. The number of fused-ring (bicyclic) bond motifs is 1. The maximum absolute atomic E-state index is 12.8. The second-order valence-electron chi connectivity index (χ2n) is 7.43. The predicted octanol–water partition coefficient (Wildman–Crippen LogP) is 3.60. The second-order valence-corrected chi connectivity index (χ2v) is 9.12. The zero-order valence-corrected chi connectivity index (χ0v) is 18.2. The summed E-state index contributed by atoms with van der Waals surface area (Å²) in [7, 11) is -2.19. The first-order valence-corrected chi connectivity index (χ1v) is 11.5. The van der Waals surface area contributed by atoms with Crippen molar-refractivity contribution >= 4 is 32.7 Å². The third-order valence-electron chi connectivity index (χ3n) is 4.89. The fourth-order valence-corrected chi connectivity index (χ4v) is 4.22. The van der Waals surface area contributed by atoms with Gasteiger partial charge in [0.05, 0.1) is 17.2 Å². The molecule has 0 spiro atoms. The van der Waals surface area contributed by atoms with E-state index in [0.29, 0.717) is 16.9 Å². The van der Waals surface area contributed by atoms with Crippen LogP contribution in [0.15, 0.2) is 71.9 Å². The van der Waals surface area contributed by atoms with Crippen molar-refractivity contribution in [2.75, 3.05) is 10.0 Å². The Labute approximate surface area is 181 Å². The number of hydrogen-bond donors (Lipinski definition) is 2. The zero-order chi connectivity index (χ0) is 21.8. The summed E-state index contributed by atoms with van der Waals surface area (Å²) in [5.41, 5.74) is 2.54. The smallest absolute Gasteiger partial charge is 0.266 e. The highest BCUT2D eigenvalue weighted by Crippen LogP contribution is 2.25. The van der Waals surface area contributed by atoms with Gasteiger partial charge >= 0.3 is 0 Å². The molecule has 4 rings (SSSR count). The molecule has 0 radical (unpaired) electrons. The van der Waals surface area contributed by atoms with Crippen LogP contribution in [-0.4, -0.2) is 34.2 Å². The van der Waals surface area contributed by atoms with E-state index in [2.05, 4.69) is 37.2 Å². The van der Waals surface area contributed by atoms with Crippen molar-refractivity contribution in [3.63, 3.8) is 0 Å². The maximum atomic E-state index is 12.8. The van der Waals surface area contributed by atoms with Crippen LogP contribution in [0.2, 0.25) is 0 Å². The lowest BCUT2D eigenvalue weighted by molar-refractivity contribution is 0.601. The standard InChI is InChI=1S/C22H24N6O2S/c1-16(12-13-17-8-4-3-5-9-17)24-21-22(26-20-11-7-6-10-19(20)25-21)27-31(29,30)18-14-23-28(2)15-18/h3-11,14-16H,12-13H2,1-2H3,(H,24,25)(H,26,27). The van der Waals surface area contributed by atoms with Crippen LogP contribution in [-0.2, 0) is 23.5 Å². The Morgan fingerprint density at radius 1 is 0.968 bits per heavy atom. The lowest BCUT2D eigenvalue weighted by Crippen LogP contribution is -2.21. The average molecular weight is 437 g/mol. The highest BCUT2D eigenvalue weighted by Gasteiger charge is 2.21. The predicted molar refractivity (Wildman–Crippen MR) is 121 cm³/mol. The second kappa shape index (κ2) is 8.73. The van der Waals surface area contributed by atoms with Gasteiger partial charge in [0.25, 0.3) is 10.0 Å². The molecule has 0 aliphatic carbocycles. The van der Waals surface area contributed by atoms with E-state index in [1.54, 1.807) is 13.1 Å². The van der Waals surface area contributed by atoms with Crippen molar-refractivity contribution in [3.05, 3.63) is 72.6 Å². The molecule has 31 heavy (non-hydrogen) atoms. The van der Waals surface area contributed by atoms with Crippen LogP contribution in [0.1, 0.15) is 18.9 Å². The largest absolute Gasteiger partial charge is 0.364 e. The van der Waals surface area contributed by atoms with E-state index < -0.39 is 10.0 Å². The summed E-state index contributed by atoms with van der Waals surface area (Å²) in [6, 6.07) is 17.6. The molecule has 4 aromatic rings. The molecule has 0 saturated heterocycles. The van der Waals surface area contributed by atoms with Gasteiger partial charge in [-0.1, -0.05) is 42.5 Å². The Morgan fingerprint density at radius 2 is 1.61 bits per heavy atom. The first-order chi connectivity index (χ1) is 14.9. The first kappa shape index (κ1) is 20.8. The van der Waals surface area contributed by atoms with Crippen molar-refractivity contribution < 1.29 is 8.42 Å². The Morgan fingerprint density at radius 3 is 2.26 bits per heavy atom. The van der Waals surface area contributed by atoms with Crippen LogP contribution in [0.4, 0.5) is 11.6 Å². The topological polar surface area (TPSA) is 102 Å². The maximum Gasteiger partial charge on any atom is 0.266 e. The third kappa shape index (κ3) is 5.00. The molecule has 2 aromatic carbocycles. The van der Waals surface area contributed by atoms with Gasteiger partial charge in [-0.3, -0.25) is 9.40 Å². The van der Waals surface area contributed by atoms with Gasteiger partial charge < -0.3 is 5.32 Å². The lowest BCUT2D eigenvalue weighted by Gasteiger charge is -2.18. The molecule has 2 aromatic heterocycles. The molecule has 9 heteroatoms. The lowest BCUT2D eigenvalue weighted by atomic mass is 10.1. The normalized spacial score (nSPS) is 12.6. The van der Waals surface area contributed by atoms with Crippen LogP contribution in [0, 0.1) is 0 Å². The number of benzene rings is 2. The van der Waals surface area contributed by atoms with Gasteiger partial charge in [-0.2, -0.15) is 5.10 Å². The van der Waals surface area contributed by atoms with Crippen LogP contribution in [0.3, 0.4) is 0 Å². The molecule has 1 unspecified atom stereocenters. The van der Waals surface area contributed by atoms with E-state index in [9.17, 15) is 8.42 Å². The van der Waals surface area contributed by atoms with Crippen molar-refractivity contribution in [2.45, 2.75) is 30.7 Å². The Hall–Kier alpha value is -3.46. The summed E-state index contributed by atoms with van der Waals surface area (Å²) in [4.78, 5) is 9.22. The van der Waals surface area contributed by atoms with E-state index in [1.807, 2.05) is 43.3 Å². The summed E-state index contributed by atoms with van der Waals surface area (Å²) in [5, 5.41) is 7.28. The summed E-state index contributed by atoms with van der Waals surface area (Å²) >= 11 is 0. The molecule has 2 N–H and O–H groups in total. The fourth-order valence-electron chi connectivity index (χ4n) is 3.23. The van der Waals surface area contributed by atoms with Crippen molar-refractivity contribution in [2.24, 2.45) is 7.05 Å². The SMILES string of the molecule is CC(CCc1ccccc1)Nc1nc2ccccc2nc1NS(=O)(=O)c1cnn(C)c1. The highest BCUT2D eigenvalue weighted by molar-refractivity contribution is 7.92. The minimum Gasteiger partial charge on any atom is -0.364 e. The highest BCUT2D eigenvalue weighted by atomic mass is 32.2. The number of sulfonamides is 1. The van der Waals surface area contributed by atoms with Gasteiger partial charge in [-0.05, 0) is 37.5 Å². The molecule has 0 aliphatic heterocycles. The molecule has 0 aliphatic rings. The molecule has 160 valence electrons. The van der Waals surface area contributed by atoms with Crippen LogP contribution >= 0.6 is 0 Å². The van der Waals surface area contributed by atoms with E-state index >= 15 is 0 Å². The monoisotopic (exact) mass is 436 g/mol. The van der Waals surface area contributed by atoms with Crippen LogP contribution in [0.5, 0.6) is 0 Å². The number of aromatic nitrogens is 4. The molecular weight excluding hydrogens is 412 g/mol. The van der Waals surface area contributed by atoms with Crippen LogP contribution in [0.25, 0.3) is 11.0 Å². The Kier molecular flexibility index (Phi) is 5.85. The number of anilines is 2. The Bertz CT molecular complexity index is 1290. The average Bonchev–Trinajstić information content (AvgIpc) is 3.21. The first-order valence-electron chi connectivity index (χ1n) is 9.99. The molecule has 0 saturated carbocycles. The third-order valence-corrected chi connectivity index (χ3v) is 6.18. The summed E-state index contributed by atoms with van der Waals surface area (Å²) in [6.07, 6.45) is 4.48. The molecule has 1 atom stereocenters. The number of nitrogens with zero attached hydrogens (tertiary/aromatic N) is 4. The molecule has 0 fully saturated rings. The van der Waals surface area contributed by atoms with Crippen molar-refractivity contribution in [3.8, 4) is 0 Å².